The lowest BCUT2D eigenvalue weighted by Gasteiger charge is -2.04. The number of esters is 1. The van der Waals surface area contributed by atoms with Crippen LogP contribution in [0.4, 0.5) is 5.69 Å². The van der Waals surface area contributed by atoms with Gasteiger partial charge >= 0.3 is 5.97 Å². The van der Waals surface area contributed by atoms with E-state index in [0.717, 1.165) is 0 Å². The van der Waals surface area contributed by atoms with Crippen LogP contribution >= 0.6 is 0 Å². The van der Waals surface area contributed by atoms with Gasteiger partial charge in [0.1, 0.15) is 5.10 Å². The van der Waals surface area contributed by atoms with Gasteiger partial charge in [-0.3, -0.25) is 0 Å². The minimum absolute atomic E-state index is 0.400. The third-order valence-electron chi connectivity index (χ3n) is 1.81. The largest absolute Gasteiger partial charge is 0.465 e. The predicted octanol–water partition coefficient (Wildman–Crippen LogP) is 2.14. The molecule has 0 bridgehead atoms. The molecule has 0 fully saturated rings. The molecule has 82 valence electrons. The van der Waals surface area contributed by atoms with Gasteiger partial charge < -0.3 is 10.1 Å². The number of carbonyl (C=O) groups is 1. The number of nitrogens with one attached hydrogen (secondary N) is 1. The first-order valence-corrected chi connectivity index (χ1v) is 4.54. The van der Waals surface area contributed by atoms with Crippen molar-refractivity contribution in [1.82, 2.24) is 0 Å². The van der Waals surface area contributed by atoms with Crippen molar-refractivity contribution in [2.75, 3.05) is 12.4 Å². The molecule has 1 rings (SSSR count). The van der Waals surface area contributed by atoms with Crippen molar-refractivity contribution >= 4 is 17.5 Å². The molecule has 0 aliphatic rings. The average molecular weight is 217 g/mol. The fourth-order valence-electron chi connectivity index (χ4n) is 1.15. The summed E-state index contributed by atoms with van der Waals surface area (Å²) < 4.78 is 4.60. The van der Waals surface area contributed by atoms with Gasteiger partial charge in [0.25, 0.3) is 0 Å². The summed E-state index contributed by atoms with van der Waals surface area (Å²) in [5.41, 5.74) is 1.14. The molecular formula is C11H11N3O2. The van der Waals surface area contributed by atoms with Gasteiger partial charge in [-0.2, -0.15) is 6.57 Å². The molecule has 0 aromatic heterocycles. The lowest BCUT2D eigenvalue weighted by Crippen LogP contribution is -2.08. The van der Waals surface area contributed by atoms with Crippen LogP contribution in [0, 0.1) is 6.57 Å². The second-order valence-corrected chi connectivity index (χ2v) is 2.98. The Hall–Kier alpha value is -2.35. The summed E-state index contributed by atoms with van der Waals surface area (Å²) in [7, 11) is 1.33. The highest BCUT2D eigenvalue weighted by Crippen LogP contribution is 2.11. The molecule has 0 radical (unpaired) electrons. The highest BCUT2D eigenvalue weighted by Gasteiger charge is 2.05. The standard InChI is InChI=1S/C11H11N3O2/c1-8(14-12-2)13-10-6-4-5-9(7-10)11(15)16-3/h4-7H,1,3H3,(H,13,14). The molecule has 5 nitrogen and oxygen atoms in total. The van der Waals surface area contributed by atoms with E-state index in [1.807, 2.05) is 0 Å². The van der Waals surface area contributed by atoms with Gasteiger partial charge in [-0.15, -0.1) is 4.95 Å². The highest BCUT2D eigenvalue weighted by atomic mass is 16.5. The van der Waals surface area contributed by atoms with Crippen molar-refractivity contribution in [2.24, 2.45) is 5.10 Å². The molecule has 0 saturated carbocycles. The summed E-state index contributed by atoms with van der Waals surface area (Å²) in [4.78, 5) is 14.1. The Morgan fingerprint density at radius 2 is 2.31 bits per heavy atom. The first-order valence-electron chi connectivity index (χ1n) is 4.54. The zero-order chi connectivity index (χ0) is 12.0. The van der Waals surface area contributed by atoms with Gasteiger partial charge in [-0.05, 0) is 18.2 Å². The van der Waals surface area contributed by atoms with Crippen LogP contribution < -0.4 is 5.32 Å². The normalized spacial score (nSPS) is 10.4. The number of rotatable bonds is 2. The highest BCUT2D eigenvalue weighted by molar-refractivity contribution is 5.96. The van der Waals surface area contributed by atoms with E-state index in [-0.39, 0.29) is 0 Å². The first kappa shape index (κ1) is 11.7. The molecular weight excluding hydrogens is 206 g/mol. The average Bonchev–Trinajstić information content (AvgIpc) is 2.28. The van der Waals surface area contributed by atoms with Gasteiger partial charge in [-0.1, -0.05) is 6.07 Å². The van der Waals surface area contributed by atoms with E-state index >= 15 is 0 Å². The molecule has 0 unspecified atom stereocenters. The number of hydrogen-bond acceptors (Lipinski definition) is 3. The number of methoxy groups -OCH3 is 1. The maximum Gasteiger partial charge on any atom is 0.337 e. The molecule has 0 aliphatic carbocycles. The van der Waals surface area contributed by atoms with Crippen LogP contribution in [0.3, 0.4) is 0 Å². The van der Waals surface area contributed by atoms with Gasteiger partial charge in [0.2, 0.25) is 0 Å². The Morgan fingerprint density at radius 1 is 1.56 bits per heavy atom. The Kier molecular flexibility index (Phi) is 4.04. The van der Waals surface area contributed by atoms with Crippen LogP contribution in [0.1, 0.15) is 17.3 Å². The summed E-state index contributed by atoms with van der Waals surface area (Å²) in [6.07, 6.45) is 0. The van der Waals surface area contributed by atoms with Crippen molar-refractivity contribution in [3.05, 3.63) is 41.4 Å². The summed E-state index contributed by atoms with van der Waals surface area (Å²) >= 11 is 0. The van der Waals surface area contributed by atoms with Gasteiger partial charge in [0.05, 0.1) is 12.7 Å². The zero-order valence-corrected chi connectivity index (χ0v) is 9.02. The lowest BCUT2D eigenvalue weighted by atomic mass is 10.2. The van der Waals surface area contributed by atoms with Crippen molar-refractivity contribution in [2.45, 2.75) is 6.92 Å². The predicted molar refractivity (Wildman–Crippen MR) is 61.1 cm³/mol. The number of carbonyl (C=O) groups excluding carboxylic acids is 1. The van der Waals surface area contributed by atoms with Gasteiger partial charge in [0, 0.05) is 12.6 Å². The molecule has 0 aliphatic heterocycles. The third-order valence-corrected chi connectivity index (χ3v) is 1.81. The number of nitrogens with zero attached hydrogens (tertiary/aromatic N) is 2. The van der Waals surface area contributed by atoms with Gasteiger partial charge in [-0.25, -0.2) is 4.79 Å². The van der Waals surface area contributed by atoms with Crippen LogP contribution in [0.2, 0.25) is 0 Å². The van der Waals surface area contributed by atoms with Crippen molar-refractivity contribution in [1.29, 1.82) is 0 Å². The van der Waals surface area contributed by atoms with Crippen LogP contribution in [-0.4, -0.2) is 18.9 Å². The number of anilines is 1. The smallest absolute Gasteiger partial charge is 0.337 e. The monoisotopic (exact) mass is 217 g/mol. The quantitative estimate of drug-likeness (QED) is 0.271. The van der Waals surface area contributed by atoms with Crippen LogP contribution in [0.25, 0.3) is 4.95 Å². The Bertz CT molecular complexity index is 461. The topological polar surface area (TPSA) is 55.0 Å². The molecule has 0 heterocycles. The minimum atomic E-state index is -0.400. The Labute approximate surface area is 93.5 Å². The number of ether oxygens (including phenoxy) is 1. The van der Waals surface area contributed by atoms with E-state index < -0.39 is 5.97 Å². The molecule has 1 N–H and O–H groups in total. The van der Waals surface area contributed by atoms with Crippen LogP contribution in [0.5, 0.6) is 0 Å². The maximum atomic E-state index is 11.2. The Balaban J connectivity index is 2.88. The van der Waals surface area contributed by atoms with E-state index in [1.165, 1.54) is 7.11 Å². The molecule has 1 aromatic rings. The third kappa shape index (κ3) is 3.10. The van der Waals surface area contributed by atoms with E-state index in [2.05, 4.69) is 20.1 Å². The fraction of sp³-hybridized carbons (Fsp3) is 0.182. The molecule has 5 heteroatoms. The zero-order valence-electron chi connectivity index (χ0n) is 9.02. The first-order chi connectivity index (χ1) is 7.67. The molecule has 0 spiro atoms. The summed E-state index contributed by atoms with van der Waals surface area (Å²) in [5.74, 6) is 0.0698. The van der Waals surface area contributed by atoms with Gasteiger partial charge in [0.15, 0.2) is 5.84 Å². The molecule has 1 aromatic carbocycles. The lowest BCUT2D eigenvalue weighted by molar-refractivity contribution is 0.0601. The van der Waals surface area contributed by atoms with Crippen LogP contribution in [0.15, 0.2) is 29.4 Å². The van der Waals surface area contributed by atoms with E-state index in [4.69, 9.17) is 6.57 Å². The van der Waals surface area contributed by atoms with Crippen molar-refractivity contribution < 1.29 is 9.53 Å². The summed E-state index contributed by atoms with van der Waals surface area (Å²) in [5, 5.41) is 6.39. The molecule has 0 atom stereocenters. The fourth-order valence-corrected chi connectivity index (χ4v) is 1.15. The molecule has 0 amide bonds. The molecule has 16 heavy (non-hydrogen) atoms. The maximum absolute atomic E-state index is 11.2. The van der Waals surface area contributed by atoms with E-state index in [1.54, 1.807) is 31.2 Å². The summed E-state index contributed by atoms with van der Waals surface area (Å²) in [6.45, 7) is 8.23. The number of benzene rings is 1. The van der Waals surface area contributed by atoms with Crippen molar-refractivity contribution in [3.63, 3.8) is 0 Å². The van der Waals surface area contributed by atoms with E-state index in [0.29, 0.717) is 17.1 Å². The molecule has 0 saturated heterocycles. The SMILES string of the molecule is [C-]#[N+]/N=C(/C)Nc1cccc(C(=O)OC)c1. The van der Waals surface area contributed by atoms with Crippen LogP contribution in [-0.2, 0) is 4.74 Å². The second kappa shape index (κ2) is 5.51. The number of amidine groups is 1. The Morgan fingerprint density at radius 3 is 2.94 bits per heavy atom. The van der Waals surface area contributed by atoms with Crippen molar-refractivity contribution in [3.8, 4) is 0 Å². The number of hydrogen-bond donors (Lipinski definition) is 1. The minimum Gasteiger partial charge on any atom is -0.465 e. The van der Waals surface area contributed by atoms with E-state index in [9.17, 15) is 4.79 Å². The summed E-state index contributed by atoms with van der Waals surface area (Å²) in [6, 6.07) is 6.78. The second-order valence-electron chi connectivity index (χ2n) is 2.98.